The quantitative estimate of drug-likeness (QED) is 0.688. The Bertz CT molecular complexity index is 1140. The number of para-hydroxylation sites is 1. The monoisotopic (exact) mass is 393 g/mol. The minimum Gasteiger partial charge on any atom is -0.356 e. The van der Waals surface area contributed by atoms with Crippen LogP contribution >= 0.6 is 11.6 Å². The summed E-state index contributed by atoms with van der Waals surface area (Å²) in [6, 6.07) is 15.8. The van der Waals surface area contributed by atoms with E-state index in [1.165, 1.54) is 4.90 Å². The average Bonchev–Trinajstić information content (AvgIpc) is 3.08. The molecule has 1 saturated heterocycles. The molecule has 0 aliphatic carbocycles. The van der Waals surface area contributed by atoms with Gasteiger partial charge in [0.05, 0.1) is 12.2 Å². The Morgan fingerprint density at radius 1 is 1.11 bits per heavy atom. The first-order valence-electron chi connectivity index (χ1n) is 9.34. The second-order valence-electron chi connectivity index (χ2n) is 7.77. The molecule has 142 valence electrons. The molecule has 3 aromatic rings. The zero-order chi connectivity index (χ0) is 19.6. The summed E-state index contributed by atoms with van der Waals surface area (Å²) in [5, 5.41) is 1.73. The number of aromatic nitrogens is 1. The van der Waals surface area contributed by atoms with Crippen LogP contribution in [-0.2, 0) is 15.1 Å². The van der Waals surface area contributed by atoms with Gasteiger partial charge < -0.3 is 14.8 Å². The number of amides is 2. The van der Waals surface area contributed by atoms with Gasteiger partial charge in [0.25, 0.3) is 5.91 Å². The fraction of sp³-hybridized carbons (Fsp3) is 0.273. The van der Waals surface area contributed by atoms with Crippen molar-refractivity contribution in [2.75, 3.05) is 20.1 Å². The molecule has 2 aliphatic heterocycles. The zero-order valence-electron chi connectivity index (χ0n) is 15.7. The minimum absolute atomic E-state index is 0.0500. The number of H-pyrrole nitrogens is 1. The van der Waals surface area contributed by atoms with E-state index in [-0.39, 0.29) is 24.3 Å². The van der Waals surface area contributed by atoms with E-state index in [9.17, 15) is 9.59 Å². The highest BCUT2D eigenvalue weighted by molar-refractivity contribution is 6.31. The van der Waals surface area contributed by atoms with E-state index in [1.54, 1.807) is 11.9 Å². The Morgan fingerprint density at radius 3 is 2.61 bits per heavy atom. The van der Waals surface area contributed by atoms with Gasteiger partial charge in [0.2, 0.25) is 5.91 Å². The second-order valence-corrected chi connectivity index (χ2v) is 8.18. The largest absolute Gasteiger partial charge is 0.356 e. The third-order valence-electron chi connectivity index (χ3n) is 6.20. The Balaban J connectivity index is 1.84. The number of hydrogen-bond donors (Lipinski definition) is 1. The number of rotatable bonds is 1. The summed E-state index contributed by atoms with van der Waals surface area (Å²) >= 11 is 6.55. The van der Waals surface area contributed by atoms with Crippen molar-refractivity contribution in [2.45, 2.75) is 18.4 Å². The van der Waals surface area contributed by atoms with Crippen molar-refractivity contribution >= 4 is 34.3 Å². The lowest BCUT2D eigenvalue weighted by molar-refractivity contribution is -0.164. The van der Waals surface area contributed by atoms with Gasteiger partial charge in [0, 0.05) is 35.4 Å². The lowest BCUT2D eigenvalue weighted by Crippen LogP contribution is -2.66. The standard InChI is InChI=1S/C22H20ClN3O2/c1-22-20-19(14-8-4-6-10-17(14)24-20)15(13-7-3-5-9-16(13)23)11-26(22)18(27)12-25(2)21(22)28/h3-10,15,24H,11-12H2,1-2H3/t15-,22-/m1/s1. The van der Waals surface area contributed by atoms with Crippen molar-refractivity contribution in [2.24, 2.45) is 0 Å². The molecule has 3 heterocycles. The average molecular weight is 394 g/mol. The molecule has 0 bridgehead atoms. The van der Waals surface area contributed by atoms with Gasteiger partial charge in [-0.2, -0.15) is 0 Å². The first kappa shape index (κ1) is 17.3. The number of fused-ring (bicyclic) bond motifs is 5. The van der Waals surface area contributed by atoms with Crippen LogP contribution in [0.2, 0.25) is 5.02 Å². The van der Waals surface area contributed by atoms with Crippen LogP contribution in [0.3, 0.4) is 0 Å². The van der Waals surface area contributed by atoms with Gasteiger partial charge in [0.1, 0.15) is 0 Å². The fourth-order valence-electron chi connectivity index (χ4n) is 4.82. The number of halogens is 1. The minimum atomic E-state index is -1.05. The highest BCUT2D eigenvalue weighted by Gasteiger charge is 2.55. The molecule has 2 aliphatic rings. The van der Waals surface area contributed by atoms with Crippen molar-refractivity contribution in [3.05, 3.63) is 70.4 Å². The van der Waals surface area contributed by atoms with Crippen LogP contribution < -0.4 is 0 Å². The molecule has 28 heavy (non-hydrogen) atoms. The van der Waals surface area contributed by atoms with Crippen LogP contribution in [0.15, 0.2) is 48.5 Å². The molecule has 0 unspecified atom stereocenters. The topological polar surface area (TPSA) is 56.4 Å². The van der Waals surface area contributed by atoms with Crippen LogP contribution in [-0.4, -0.2) is 46.7 Å². The van der Waals surface area contributed by atoms with E-state index >= 15 is 0 Å². The van der Waals surface area contributed by atoms with Gasteiger partial charge >= 0.3 is 0 Å². The molecule has 2 amide bonds. The van der Waals surface area contributed by atoms with E-state index in [4.69, 9.17) is 11.6 Å². The van der Waals surface area contributed by atoms with Crippen LogP contribution in [0.1, 0.15) is 29.7 Å². The van der Waals surface area contributed by atoms with Gasteiger partial charge in [-0.25, -0.2) is 0 Å². The Labute approximate surface area is 167 Å². The summed E-state index contributed by atoms with van der Waals surface area (Å²) in [4.78, 5) is 32.9. The molecule has 2 aromatic carbocycles. The summed E-state index contributed by atoms with van der Waals surface area (Å²) in [6.45, 7) is 2.37. The maximum atomic E-state index is 13.3. The van der Waals surface area contributed by atoms with Crippen molar-refractivity contribution in [3.8, 4) is 0 Å². The summed E-state index contributed by atoms with van der Waals surface area (Å²) in [5.74, 6) is -0.225. The maximum absolute atomic E-state index is 13.3. The van der Waals surface area contributed by atoms with E-state index in [0.717, 1.165) is 27.7 Å². The van der Waals surface area contributed by atoms with Crippen molar-refractivity contribution in [3.63, 3.8) is 0 Å². The van der Waals surface area contributed by atoms with E-state index in [0.29, 0.717) is 11.6 Å². The highest BCUT2D eigenvalue weighted by atomic mass is 35.5. The molecule has 1 aromatic heterocycles. The molecular formula is C22H20ClN3O2. The lowest BCUT2D eigenvalue weighted by atomic mass is 9.76. The van der Waals surface area contributed by atoms with Gasteiger partial charge in [-0.05, 0) is 30.2 Å². The summed E-state index contributed by atoms with van der Waals surface area (Å²) in [5.41, 5.74) is 2.72. The number of carbonyl (C=O) groups excluding carboxylic acids is 2. The Hall–Kier alpha value is -2.79. The third kappa shape index (κ3) is 2.14. The first-order valence-corrected chi connectivity index (χ1v) is 9.72. The second kappa shape index (κ2) is 5.85. The van der Waals surface area contributed by atoms with E-state index in [2.05, 4.69) is 11.1 Å². The molecule has 0 radical (unpaired) electrons. The predicted octanol–water partition coefficient (Wildman–Crippen LogP) is 3.48. The number of hydrogen-bond acceptors (Lipinski definition) is 2. The molecular weight excluding hydrogens is 374 g/mol. The number of benzene rings is 2. The van der Waals surface area contributed by atoms with Crippen LogP contribution in [0.4, 0.5) is 0 Å². The predicted molar refractivity (Wildman–Crippen MR) is 108 cm³/mol. The summed E-state index contributed by atoms with van der Waals surface area (Å²) in [6.07, 6.45) is 0. The number of likely N-dealkylation sites (N-methyl/N-ethyl adjacent to an activating group) is 1. The van der Waals surface area contributed by atoms with Crippen LogP contribution in [0.5, 0.6) is 0 Å². The molecule has 5 rings (SSSR count). The number of carbonyl (C=O) groups is 2. The Kier molecular flexibility index (Phi) is 3.62. The van der Waals surface area contributed by atoms with Crippen molar-refractivity contribution in [1.29, 1.82) is 0 Å². The maximum Gasteiger partial charge on any atom is 0.254 e. The molecule has 1 N–H and O–H groups in total. The molecule has 2 atom stereocenters. The molecule has 0 saturated carbocycles. The van der Waals surface area contributed by atoms with Crippen molar-refractivity contribution < 1.29 is 9.59 Å². The fourth-order valence-corrected chi connectivity index (χ4v) is 5.09. The van der Waals surface area contributed by atoms with E-state index in [1.807, 2.05) is 49.4 Å². The number of nitrogens with one attached hydrogen (secondary N) is 1. The van der Waals surface area contributed by atoms with E-state index < -0.39 is 5.54 Å². The normalized spacial score (nSPS) is 24.5. The molecule has 0 spiro atoms. The van der Waals surface area contributed by atoms with Gasteiger partial charge in [-0.15, -0.1) is 0 Å². The van der Waals surface area contributed by atoms with Crippen LogP contribution in [0, 0.1) is 0 Å². The van der Waals surface area contributed by atoms with Gasteiger partial charge in [-0.3, -0.25) is 9.59 Å². The molecule has 1 fully saturated rings. The van der Waals surface area contributed by atoms with Crippen LogP contribution in [0.25, 0.3) is 10.9 Å². The Morgan fingerprint density at radius 2 is 1.82 bits per heavy atom. The molecule has 6 heteroatoms. The molecule has 5 nitrogen and oxygen atoms in total. The number of piperazine rings is 1. The number of aromatic amines is 1. The van der Waals surface area contributed by atoms with Crippen molar-refractivity contribution in [1.82, 2.24) is 14.8 Å². The lowest BCUT2D eigenvalue weighted by Gasteiger charge is -2.50. The van der Waals surface area contributed by atoms with Gasteiger partial charge in [-0.1, -0.05) is 48.0 Å². The number of nitrogens with zero attached hydrogens (tertiary/aromatic N) is 2. The highest BCUT2D eigenvalue weighted by Crippen LogP contribution is 2.48. The third-order valence-corrected chi connectivity index (χ3v) is 6.55. The summed E-state index contributed by atoms with van der Waals surface area (Å²) in [7, 11) is 1.69. The SMILES string of the molecule is CN1CC(=O)N2C[C@H](c3ccccc3Cl)c3c([nH]c4ccccc34)[C@]2(C)C1=O. The smallest absolute Gasteiger partial charge is 0.254 e. The zero-order valence-corrected chi connectivity index (χ0v) is 16.5. The first-order chi connectivity index (χ1) is 13.4. The van der Waals surface area contributed by atoms with Gasteiger partial charge in [0.15, 0.2) is 5.54 Å². The summed E-state index contributed by atoms with van der Waals surface area (Å²) < 4.78 is 0.